The maximum Gasteiger partial charge on any atom is 0.251 e. The first-order chi connectivity index (χ1) is 6.19. The summed E-state index contributed by atoms with van der Waals surface area (Å²) in [5, 5.41) is 2.64. The Balaban J connectivity index is 3.15. The summed E-state index contributed by atoms with van der Waals surface area (Å²) >= 11 is 0. The third-order valence-corrected chi connectivity index (χ3v) is 2.12. The van der Waals surface area contributed by atoms with Crippen LogP contribution in [0.1, 0.15) is 28.4 Å². The molecule has 2 heteroatoms. The standard InChI is InChI=1S/C11H15NO/c1-4-9-6-5-8(2)7-10(9)11(13)12-3/h5-7H,4H2,1-3H3,(H,12,13). The summed E-state index contributed by atoms with van der Waals surface area (Å²) in [4.78, 5) is 11.4. The van der Waals surface area contributed by atoms with Crippen LogP contribution in [0.3, 0.4) is 0 Å². The fraction of sp³-hybridized carbons (Fsp3) is 0.364. The van der Waals surface area contributed by atoms with Crippen molar-refractivity contribution in [2.24, 2.45) is 0 Å². The summed E-state index contributed by atoms with van der Waals surface area (Å²) in [6, 6.07) is 5.98. The fourth-order valence-corrected chi connectivity index (χ4v) is 1.34. The van der Waals surface area contributed by atoms with Crippen LogP contribution in [-0.2, 0) is 6.42 Å². The van der Waals surface area contributed by atoms with E-state index in [4.69, 9.17) is 0 Å². The minimum atomic E-state index is 0.000509. The second kappa shape index (κ2) is 4.08. The molecule has 0 aliphatic carbocycles. The minimum Gasteiger partial charge on any atom is -0.355 e. The first kappa shape index (κ1) is 9.78. The summed E-state index contributed by atoms with van der Waals surface area (Å²) in [5.74, 6) is 0.000509. The van der Waals surface area contributed by atoms with E-state index in [9.17, 15) is 4.79 Å². The first-order valence-corrected chi connectivity index (χ1v) is 4.50. The van der Waals surface area contributed by atoms with Gasteiger partial charge in [-0.25, -0.2) is 0 Å². The Morgan fingerprint density at radius 3 is 2.69 bits per heavy atom. The van der Waals surface area contributed by atoms with Gasteiger partial charge in [-0.1, -0.05) is 24.6 Å². The average Bonchev–Trinajstić information content (AvgIpc) is 2.16. The Labute approximate surface area is 79.0 Å². The number of amides is 1. The molecule has 0 saturated carbocycles. The molecule has 2 nitrogen and oxygen atoms in total. The van der Waals surface area contributed by atoms with E-state index in [0.717, 1.165) is 23.1 Å². The van der Waals surface area contributed by atoms with Gasteiger partial charge in [0.15, 0.2) is 0 Å². The number of rotatable bonds is 2. The molecule has 1 aromatic carbocycles. The van der Waals surface area contributed by atoms with Crippen molar-refractivity contribution >= 4 is 5.91 Å². The number of hydrogen-bond acceptors (Lipinski definition) is 1. The van der Waals surface area contributed by atoms with Gasteiger partial charge in [0.1, 0.15) is 0 Å². The molecule has 0 unspecified atom stereocenters. The smallest absolute Gasteiger partial charge is 0.251 e. The number of aryl methyl sites for hydroxylation is 2. The van der Waals surface area contributed by atoms with Crippen LogP contribution in [0, 0.1) is 6.92 Å². The molecule has 0 heterocycles. The maximum atomic E-state index is 11.4. The molecule has 0 atom stereocenters. The molecule has 0 fully saturated rings. The monoisotopic (exact) mass is 177 g/mol. The topological polar surface area (TPSA) is 29.1 Å². The molecule has 1 N–H and O–H groups in total. The largest absolute Gasteiger partial charge is 0.355 e. The lowest BCUT2D eigenvalue weighted by molar-refractivity contribution is 0.0962. The Morgan fingerprint density at radius 1 is 1.46 bits per heavy atom. The van der Waals surface area contributed by atoms with Crippen molar-refractivity contribution in [3.63, 3.8) is 0 Å². The van der Waals surface area contributed by atoms with E-state index >= 15 is 0 Å². The number of hydrogen-bond donors (Lipinski definition) is 1. The van der Waals surface area contributed by atoms with E-state index in [1.165, 1.54) is 0 Å². The van der Waals surface area contributed by atoms with E-state index in [-0.39, 0.29) is 5.91 Å². The predicted molar refractivity (Wildman–Crippen MR) is 53.9 cm³/mol. The van der Waals surface area contributed by atoms with Crippen LogP contribution in [0.5, 0.6) is 0 Å². The van der Waals surface area contributed by atoms with Gasteiger partial charge in [0.2, 0.25) is 0 Å². The zero-order chi connectivity index (χ0) is 9.84. The molecule has 1 rings (SSSR count). The van der Waals surface area contributed by atoms with E-state index in [1.54, 1.807) is 7.05 Å². The van der Waals surface area contributed by atoms with Gasteiger partial charge in [0.25, 0.3) is 5.91 Å². The fourth-order valence-electron chi connectivity index (χ4n) is 1.34. The van der Waals surface area contributed by atoms with Gasteiger partial charge >= 0.3 is 0 Å². The molecule has 0 bridgehead atoms. The van der Waals surface area contributed by atoms with Gasteiger partial charge < -0.3 is 5.32 Å². The van der Waals surface area contributed by atoms with E-state index in [0.29, 0.717) is 0 Å². The van der Waals surface area contributed by atoms with E-state index in [1.807, 2.05) is 25.1 Å². The summed E-state index contributed by atoms with van der Waals surface area (Å²) in [6.07, 6.45) is 0.892. The van der Waals surface area contributed by atoms with Crippen LogP contribution in [0.2, 0.25) is 0 Å². The summed E-state index contributed by atoms with van der Waals surface area (Å²) in [5.41, 5.74) is 3.02. The zero-order valence-electron chi connectivity index (χ0n) is 8.35. The Morgan fingerprint density at radius 2 is 2.15 bits per heavy atom. The molecular formula is C11H15NO. The number of carbonyl (C=O) groups is 1. The van der Waals surface area contributed by atoms with Crippen molar-refractivity contribution in [2.45, 2.75) is 20.3 Å². The van der Waals surface area contributed by atoms with Crippen molar-refractivity contribution < 1.29 is 4.79 Å². The molecule has 0 aliphatic rings. The average molecular weight is 177 g/mol. The highest BCUT2D eigenvalue weighted by Gasteiger charge is 2.07. The maximum absolute atomic E-state index is 11.4. The minimum absolute atomic E-state index is 0.000509. The molecule has 0 aliphatic heterocycles. The summed E-state index contributed by atoms with van der Waals surface area (Å²) < 4.78 is 0. The highest BCUT2D eigenvalue weighted by molar-refractivity contribution is 5.95. The van der Waals surface area contributed by atoms with Crippen LogP contribution in [0.15, 0.2) is 18.2 Å². The molecular weight excluding hydrogens is 162 g/mol. The molecule has 70 valence electrons. The molecule has 0 saturated heterocycles. The van der Waals surface area contributed by atoms with Gasteiger partial charge in [0, 0.05) is 12.6 Å². The van der Waals surface area contributed by atoms with Crippen molar-refractivity contribution in [1.82, 2.24) is 5.32 Å². The normalized spacial score (nSPS) is 9.77. The second-order valence-corrected chi connectivity index (χ2v) is 3.09. The Bertz CT molecular complexity index is 318. The Hall–Kier alpha value is -1.31. The van der Waals surface area contributed by atoms with Crippen molar-refractivity contribution in [3.8, 4) is 0 Å². The van der Waals surface area contributed by atoms with Crippen LogP contribution in [0.25, 0.3) is 0 Å². The molecule has 0 aromatic heterocycles. The highest BCUT2D eigenvalue weighted by atomic mass is 16.1. The predicted octanol–water partition coefficient (Wildman–Crippen LogP) is 1.92. The summed E-state index contributed by atoms with van der Waals surface area (Å²) in [7, 11) is 1.66. The highest BCUT2D eigenvalue weighted by Crippen LogP contribution is 2.12. The number of carbonyl (C=O) groups excluding carboxylic acids is 1. The van der Waals surface area contributed by atoms with E-state index < -0.39 is 0 Å². The lowest BCUT2D eigenvalue weighted by Gasteiger charge is -2.06. The van der Waals surface area contributed by atoms with Crippen LogP contribution >= 0.6 is 0 Å². The number of benzene rings is 1. The number of nitrogens with one attached hydrogen (secondary N) is 1. The first-order valence-electron chi connectivity index (χ1n) is 4.50. The Kier molecular flexibility index (Phi) is 3.07. The molecule has 1 amide bonds. The molecule has 1 aromatic rings. The van der Waals surface area contributed by atoms with Gasteiger partial charge in [-0.2, -0.15) is 0 Å². The lowest BCUT2D eigenvalue weighted by atomic mass is 10.0. The van der Waals surface area contributed by atoms with E-state index in [2.05, 4.69) is 12.2 Å². The second-order valence-electron chi connectivity index (χ2n) is 3.09. The van der Waals surface area contributed by atoms with Crippen LogP contribution in [0.4, 0.5) is 0 Å². The molecule has 0 spiro atoms. The van der Waals surface area contributed by atoms with Gasteiger partial charge in [-0.15, -0.1) is 0 Å². The van der Waals surface area contributed by atoms with Crippen molar-refractivity contribution in [2.75, 3.05) is 7.05 Å². The van der Waals surface area contributed by atoms with Crippen molar-refractivity contribution in [1.29, 1.82) is 0 Å². The summed E-state index contributed by atoms with van der Waals surface area (Å²) in [6.45, 7) is 4.04. The van der Waals surface area contributed by atoms with Crippen molar-refractivity contribution in [3.05, 3.63) is 34.9 Å². The third kappa shape index (κ3) is 2.08. The third-order valence-electron chi connectivity index (χ3n) is 2.12. The SMILES string of the molecule is CCc1ccc(C)cc1C(=O)NC. The van der Waals surface area contributed by atoms with Gasteiger partial charge in [0.05, 0.1) is 0 Å². The molecule has 13 heavy (non-hydrogen) atoms. The quantitative estimate of drug-likeness (QED) is 0.734. The zero-order valence-corrected chi connectivity index (χ0v) is 8.35. The van der Waals surface area contributed by atoms with Gasteiger partial charge in [-0.05, 0) is 25.0 Å². The van der Waals surface area contributed by atoms with Gasteiger partial charge in [-0.3, -0.25) is 4.79 Å². The van der Waals surface area contributed by atoms with Crippen LogP contribution in [-0.4, -0.2) is 13.0 Å². The molecule has 0 radical (unpaired) electrons. The van der Waals surface area contributed by atoms with Crippen LogP contribution < -0.4 is 5.32 Å². The lowest BCUT2D eigenvalue weighted by Crippen LogP contribution is -2.19.